The van der Waals surface area contributed by atoms with Crippen molar-refractivity contribution >= 4 is 5.97 Å². The van der Waals surface area contributed by atoms with Crippen molar-refractivity contribution in [2.75, 3.05) is 13.2 Å². The average molecular weight is 130 g/mol. The lowest BCUT2D eigenvalue weighted by Gasteiger charge is -1.95. The van der Waals surface area contributed by atoms with Gasteiger partial charge in [0.15, 0.2) is 0 Å². The lowest BCUT2D eigenvalue weighted by molar-refractivity contribution is -0.145. The Morgan fingerprint density at radius 3 is 2.89 bits per heavy atom. The van der Waals surface area contributed by atoms with Crippen LogP contribution in [0.25, 0.3) is 0 Å². The Kier molecular flexibility index (Phi) is 4.82. The molecule has 0 saturated carbocycles. The molecule has 3 nitrogen and oxygen atoms in total. The number of allylic oxidation sites excluding steroid dienone is 1. The molecule has 0 bridgehead atoms. The van der Waals surface area contributed by atoms with Crippen LogP contribution in [-0.4, -0.2) is 24.3 Å². The molecule has 0 unspecified atom stereocenters. The summed E-state index contributed by atoms with van der Waals surface area (Å²) < 4.78 is 4.46. The van der Waals surface area contributed by atoms with Crippen molar-refractivity contribution in [2.24, 2.45) is 0 Å². The quantitative estimate of drug-likeness (QED) is 0.435. The Morgan fingerprint density at radius 2 is 2.44 bits per heavy atom. The van der Waals surface area contributed by atoms with E-state index in [4.69, 9.17) is 5.11 Å². The van der Waals surface area contributed by atoms with Gasteiger partial charge in [0.1, 0.15) is 13.2 Å². The molecule has 0 aliphatic heterocycles. The highest BCUT2D eigenvalue weighted by Crippen LogP contribution is 1.77. The number of aliphatic hydroxyl groups excluding tert-OH is 1. The number of esters is 1. The van der Waals surface area contributed by atoms with Gasteiger partial charge in [-0.2, -0.15) is 0 Å². The summed E-state index contributed by atoms with van der Waals surface area (Å²) >= 11 is 0. The van der Waals surface area contributed by atoms with Gasteiger partial charge in [0, 0.05) is 0 Å². The minimum atomic E-state index is -0.590. The van der Waals surface area contributed by atoms with Crippen LogP contribution in [0.2, 0.25) is 0 Å². The Balaban J connectivity index is 3.17. The third-order valence-corrected chi connectivity index (χ3v) is 0.705. The molecule has 0 amide bonds. The van der Waals surface area contributed by atoms with Crippen molar-refractivity contribution in [3.63, 3.8) is 0 Å². The van der Waals surface area contributed by atoms with Crippen LogP contribution in [0.15, 0.2) is 12.2 Å². The zero-order valence-electron chi connectivity index (χ0n) is 5.33. The first-order valence-corrected chi connectivity index (χ1v) is 2.69. The van der Waals surface area contributed by atoms with Crippen molar-refractivity contribution in [1.29, 1.82) is 0 Å². The first kappa shape index (κ1) is 8.17. The summed E-state index contributed by atoms with van der Waals surface area (Å²) in [6.45, 7) is 1.53. The summed E-state index contributed by atoms with van der Waals surface area (Å²) in [5.74, 6) is -0.590. The molecule has 0 spiro atoms. The fourth-order valence-corrected chi connectivity index (χ4v) is 0.283. The summed E-state index contributed by atoms with van der Waals surface area (Å²) in [7, 11) is 0. The minimum absolute atomic E-state index is 0.246. The maximum Gasteiger partial charge on any atom is 0.332 e. The third-order valence-electron chi connectivity index (χ3n) is 0.705. The topological polar surface area (TPSA) is 46.5 Å². The molecular formula is C6H10O3. The van der Waals surface area contributed by atoms with Gasteiger partial charge in [0.2, 0.25) is 0 Å². The highest BCUT2D eigenvalue weighted by Gasteiger charge is 1.94. The molecule has 0 aliphatic rings. The van der Waals surface area contributed by atoms with Crippen LogP contribution in [0, 0.1) is 0 Å². The molecule has 0 radical (unpaired) electrons. The Morgan fingerprint density at radius 1 is 1.78 bits per heavy atom. The molecule has 0 aromatic carbocycles. The van der Waals surface area contributed by atoms with Gasteiger partial charge in [-0.3, -0.25) is 0 Å². The van der Waals surface area contributed by atoms with E-state index < -0.39 is 12.6 Å². The summed E-state index contributed by atoms with van der Waals surface area (Å²) in [4.78, 5) is 10.2. The number of aliphatic hydroxyl groups is 1. The summed E-state index contributed by atoms with van der Waals surface area (Å²) in [6.07, 6.45) is 3.46. The molecule has 0 aliphatic carbocycles. The molecule has 0 saturated heterocycles. The summed E-state index contributed by atoms with van der Waals surface area (Å²) in [6, 6.07) is 0. The van der Waals surface area contributed by atoms with Crippen LogP contribution in [0.4, 0.5) is 0 Å². The molecule has 0 atom stereocenters. The zero-order chi connectivity index (χ0) is 7.11. The van der Waals surface area contributed by atoms with Crippen molar-refractivity contribution in [2.45, 2.75) is 6.92 Å². The van der Waals surface area contributed by atoms with Crippen molar-refractivity contribution < 1.29 is 14.6 Å². The van der Waals surface area contributed by atoms with E-state index in [0.29, 0.717) is 0 Å². The van der Waals surface area contributed by atoms with Crippen LogP contribution in [-0.2, 0) is 9.53 Å². The average Bonchev–Trinajstić information content (AvgIpc) is 1.89. The lowest BCUT2D eigenvalue weighted by atomic mass is 10.5. The molecule has 0 aromatic rings. The Hall–Kier alpha value is -0.830. The minimum Gasteiger partial charge on any atom is -0.460 e. The number of hydrogen-bond donors (Lipinski definition) is 1. The molecule has 3 heteroatoms. The van der Waals surface area contributed by atoms with E-state index in [2.05, 4.69) is 4.74 Å². The predicted molar refractivity (Wildman–Crippen MR) is 32.9 cm³/mol. The Bertz CT molecular complexity index is 107. The van der Waals surface area contributed by atoms with Gasteiger partial charge >= 0.3 is 5.97 Å². The smallest absolute Gasteiger partial charge is 0.332 e. The van der Waals surface area contributed by atoms with Crippen molar-refractivity contribution in [1.82, 2.24) is 0 Å². The summed E-state index contributed by atoms with van der Waals surface area (Å²) in [5, 5.41) is 8.14. The second-order valence-corrected chi connectivity index (χ2v) is 1.41. The van der Waals surface area contributed by atoms with Crippen LogP contribution in [0.5, 0.6) is 0 Å². The SMILES string of the molecule is CC=CCOC(=O)CO. The Labute approximate surface area is 53.9 Å². The van der Waals surface area contributed by atoms with Crippen LogP contribution in [0.1, 0.15) is 6.92 Å². The number of carbonyl (C=O) groups is 1. The highest BCUT2D eigenvalue weighted by atomic mass is 16.5. The van der Waals surface area contributed by atoms with Crippen molar-refractivity contribution in [3.8, 4) is 0 Å². The van der Waals surface area contributed by atoms with E-state index in [-0.39, 0.29) is 6.61 Å². The van der Waals surface area contributed by atoms with Crippen LogP contribution < -0.4 is 0 Å². The van der Waals surface area contributed by atoms with E-state index in [1.807, 2.05) is 6.92 Å². The summed E-state index contributed by atoms with van der Waals surface area (Å²) in [5.41, 5.74) is 0. The molecule has 0 aromatic heterocycles. The third kappa shape index (κ3) is 5.03. The van der Waals surface area contributed by atoms with Crippen LogP contribution in [0.3, 0.4) is 0 Å². The van der Waals surface area contributed by atoms with E-state index >= 15 is 0 Å². The maximum atomic E-state index is 10.2. The van der Waals surface area contributed by atoms with Gasteiger partial charge in [-0.25, -0.2) is 4.79 Å². The molecule has 1 N–H and O–H groups in total. The van der Waals surface area contributed by atoms with Gasteiger partial charge in [-0.1, -0.05) is 12.2 Å². The van der Waals surface area contributed by atoms with Gasteiger partial charge in [0.25, 0.3) is 0 Å². The van der Waals surface area contributed by atoms with Gasteiger partial charge in [-0.15, -0.1) is 0 Å². The van der Waals surface area contributed by atoms with Gasteiger partial charge in [0.05, 0.1) is 0 Å². The van der Waals surface area contributed by atoms with E-state index in [1.165, 1.54) is 0 Å². The number of ether oxygens (including phenoxy) is 1. The fourth-order valence-electron chi connectivity index (χ4n) is 0.283. The second-order valence-electron chi connectivity index (χ2n) is 1.41. The molecule has 9 heavy (non-hydrogen) atoms. The van der Waals surface area contributed by atoms with Gasteiger partial charge in [-0.05, 0) is 6.92 Å². The molecule has 0 heterocycles. The first-order chi connectivity index (χ1) is 4.31. The maximum absolute atomic E-state index is 10.2. The van der Waals surface area contributed by atoms with Crippen molar-refractivity contribution in [3.05, 3.63) is 12.2 Å². The molecular weight excluding hydrogens is 120 g/mol. The van der Waals surface area contributed by atoms with E-state index in [9.17, 15) is 4.79 Å². The first-order valence-electron chi connectivity index (χ1n) is 2.69. The highest BCUT2D eigenvalue weighted by molar-refractivity contribution is 5.70. The molecule has 0 rings (SSSR count). The largest absolute Gasteiger partial charge is 0.460 e. The number of carbonyl (C=O) groups excluding carboxylic acids is 1. The number of rotatable bonds is 3. The fraction of sp³-hybridized carbons (Fsp3) is 0.500. The molecule has 0 fully saturated rings. The standard InChI is InChI=1S/C6H10O3/c1-2-3-4-9-6(8)5-7/h2-3,7H,4-5H2,1H3. The monoisotopic (exact) mass is 130 g/mol. The van der Waals surface area contributed by atoms with E-state index in [1.54, 1.807) is 12.2 Å². The zero-order valence-corrected chi connectivity index (χ0v) is 5.33. The normalized spacial score (nSPS) is 10.0. The predicted octanol–water partition coefficient (Wildman–Crippen LogP) is 0.0980. The van der Waals surface area contributed by atoms with Crippen LogP contribution >= 0.6 is 0 Å². The van der Waals surface area contributed by atoms with Gasteiger partial charge < -0.3 is 9.84 Å². The lowest BCUT2D eigenvalue weighted by Crippen LogP contribution is -2.08. The molecule has 52 valence electrons. The number of hydrogen-bond acceptors (Lipinski definition) is 3. The second kappa shape index (κ2) is 5.31. The van der Waals surface area contributed by atoms with E-state index in [0.717, 1.165) is 0 Å².